The number of halogens is 2. The summed E-state index contributed by atoms with van der Waals surface area (Å²) in [5.41, 5.74) is 7.91. The number of pyridine rings is 1. The van der Waals surface area contributed by atoms with Crippen molar-refractivity contribution < 1.29 is 0 Å². The molecule has 94 valence electrons. The number of rotatable bonds is 4. The lowest BCUT2D eigenvalue weighted by molar-refractivity contribution is 0.784. The minimum absolute atomic E-state index is 0.0456. The van der Waals surface area contributed by atoms with Crippen molar-refractivity contribution in [1.82, 2.24) is 4.98 Å². The van der Waals surface area contributed by atoms with Gasteiger partial charge in [-0.1, -0.05) is 22.0 Å². The second kappa shape index (κ2) is 6.31. The van der Waals surface area contributed by atoms with Gasteiger partial charge in [0.1, 0.15) is 0 Å². The van der Waals surface area contributed by atoms with Crippen molar-refractivity contribution in [1.29, 1.82) is 0 Å². The maximum atomic E-state index is 5.82. The SMILES string of the molecule is NCC(Nc1cccc(Br)c1)c1cncc(Br)c1. The first-order chi connectivity index (χ1) is 8.69. The third kappa shape index (κ3) is 3.54. The molecule has 0 spiro atoms. The minimum Gasteiger partial charge on any atom is -0.377 e. The van der Waals surface area contributed by atoms with Gasteiger partial charge in [0.05, 0.1) is 6.04 Å². The van der Waals surface area contributed by atoms with Gasteiger partial charge in [-0.15, -0.1) is 0 Å². The molecule has 1 aromatic carbocycles. The average Bonchev–Trinajstić information content (AvgIpc) is 2.36. The molecule has 1 aromatic heterocycles. The first-order valence-electron chi connectivity index (χ1n) is 5.51. The van der Waals surface area contributed by atoms with Crippen LogP contribution in [0.5, 0.6) is 0 Å². The van der Waals surface area contributed by atoms with E-state index in [0.717, 1.165) is 20.2 Å². The number of benzene rings is 1. The van der Waals surface area contributed by atoms with Crippen molar-refractivity contribution >= 4 is 37.5 Å². The van der Waals surface area contributed by atoms with Crippen molar-refractivity contribution in [3.8, 4) is 0 Å². The number of hydrogen-bond donors (Lipinski definition) is 2. The smallest absolute Gasteiger partial charge is 0.0651 e. The van der Waals surface area contributed by atoms with E-state index in [1.54, 1.807) is 6.20 Å². The van der Waals surface area contributed by atoms with Gasteiger partial charge in [-0.3, -0.25) is 4.98 Å². The second-order valence-electron chi connectivity index (χ2n) is 3.88. The van der Waals surface area contributed by atoms with Gasteiger partial charge in [-0.05, 0) is 45.8 Å². The van der Waals surface area contributed by atoms with Crippen LogP contribution < -0.4 is 11.1 Å². The number of nitrogens with two attached hydrogens (primary N) is 1. The second-order valence-corrected chi connectivity index (χ2v) is 5.71. The maximum Gasteiger partial charge on any atom is 0.0651 e. The molecule has 1 heterocycles. The molecule has 2 rings (SSSR count). The van der Waals surface area contributed by atoms with E-state index in [4.69, 9.17) is 5.73 Å². The summed E-state index contributed by atoms with van der Waals surface area (Å²) in [6.45, 7) is 0.505. The van der Waals surface area contributed by atoms with Gasteiger partial charge >= 0.3 is 0 Å². The molecular formula is C13H13Br2N3. The highest BCUT2D eigenvalue weighted by Gasteiger charge is 2.10. The Balaban J connectivity index is 2.19. The molecule has 3 N–H and O–H groups in total. The molecule has 3 nitrogen and oxygen atoms in total. The summed E-state index contributed by atoms with van der Waals surface area (Å²) in [6, 6.07) is 10.1. The Labute approximate surface area is 123 Å². The van der Waals surface area contributed by atoms with Crippen LogP contribution in [0.25, 0.3) is 0 Å². The molecule has 0 bridgehead atoms. The van der Waals surface area contributed by atoms with E-state index in [1.807, 2.05) is 36.5 Å². The highest BCUT2D eigenvalue weighted by atomic mass is 79.9. The summed E-state index contributed by atoms with van der Waals surface area (Å²) in [5.74, 6) is 0. The van der Waals surface area contributed by atoms with E-state index in [9.17, 15) is 0 Å². The molecule has 0 saturated carbocycles. The zero-order valence-electron chi connectivity index (χ0n) is 9.61. The van der Waals surface area contributed by atoms with Crippen molar-refractivity contribution in [2.24, 2.45) is 5.73 Å². The minimum atomic E-state index is 0.0456. The number of nitrogens with zero attached hydrogens (tertiary/aromatic N) is 1. The Morgan fingerprint density at radius 2 is 2.00 bits per heavy atom. The Hall–Kier alpha value is -0.910. The number of nitrogens with one attached hydrogen (secondary N) is 1. The van der Waals surface area contributed by atoms with E-state index in [0.29, 0.717) is 6.54 Å². The Bertz CT molecular complexity index is 531. The molecule has 0 amide bonds. The van der Waals surface area contributed by atoms with E-state index in [2.05, 4.69) is 42.2 Å². The van der Waals surface area contributed by atoms with Gasteiger partial charge in [-0.2, -0.15) is 0 Å². The van der Waals surface area contributed by atoms with Crippen LogP contribution in [0.15, 0.2) is 51.7 Å². The lowest BCUT2D eigenvalue weighted by Crippen LogP contribution is -2.20. The van der Waals surface area contributed by atoms with Gasteiger partial charge in [0.25, 0.3) is 0 Å². The van der Waals surface area contributed by atoms with Crippen molar-refractivity contribution in [2.45, 2.75) is 6.04 Å². The van der Waals surface area contributed by atoms with Crippen LogP contribution in [0.3, 0.4) is 0 Å². The van der Waals surface area contributed by atoms with Crippen LogP contribution in [0.4, 0.5) is 5.69 Å². The predicted octanol–water partition coefficient (Wildman–Crippen LogP) is 3.72. The van der Waals surface area contributed by atoms with Crippen LogP contribution >= 0.6 is 31.9 Å². The molecule has 0 saturated heterocycles. The zero-order chi connectivity index (χ0) is 13.0. The molecule has 0 aliphatic rings. The van der Waals surface area contributed by atoms with Gasteiger partial charge in [0.2, 0.25) is 0 Å². The molecule has 1 atom stereocenters. The van der Waals surface area contributed by atoms with Gasteiger partial charge < -0.3 is 11.1 Å². The molecule has 2 aromatic rings. The van der Waals surface area contributed by atoms with E-state index < -0.39 is 0 Å². The average molecular weight is 371 g/mol. The molecule has 0 fully saturated rings. The first kappa shape index (κ1) is 13.5. The third-order valence-corrected chi connectivity index (χ3v) is 3.46. The number of aromatic nitrogens is 1. The quantitative estimate of drug-likeness (QED) is 0.862. The van der Waals surface area contributed by atoms with Crippen molar-refractivity contribution in [3.05, 3.63) is 57.2 Å². The van der Waals surface area contributed by atoms with Gasteiger partial charge in [-0.25, -0.2) is 0 Å². The number of hydrogen-bond acceptors (Lipinski definition) is 3. The monoisotopic (exact) mass is 369 g/mol. The summed E-state index contributed by atoms with van der Waals surface area (Å²) in [4.78, 5) is 4.16. The number of anilines is 1. The highest BCUT2D eigenvalue weighted by Crippen LogP contribution is 2.22. The fourth-order valence-corrected chi connectivity index (χ4v) is 2.46. The first-order valence-corrected chi connectivity index (χ1v) is 7.10. The molecule has 0 aliphatic heterocycles. The van der Waals surface area contributed by atoms with E-state index in [1.165, 1.54) is 0 Å². The van der Waals surface area contributed by atoms with E-state index >= 15 is 0 Å². The fourth-order valence-electron chi connectivity index (χ4n) is 1.68. The van der Waals surface area contributed by atoms with Gasteiger partial charge in [0.15, 0.2) is 0 Å². The van der Waals surface area contributed by atoms with Crippen LogP contribution in [0.2, 0.25) is 0 Å². The molecule has 0 aliphatic carbocycles. The summed E-state index contributed by atoms with van der Waals surface area (Å²) in [5, 5.41) is 3.40. The fraction of sp³-hybridized carbons (Fsp3) is 0.154. The Kier molecular flexibility index (Phi) is 4.74. The summed E-state index contributed by atoms with van der Waals surface area (Å²) >= 11 is 6.87. The standard InChI is InChI=1S/C13H13Br2N3/c14-10-2-1-3-12(5-10)18-13(6-16)9-4-11(15)8-17-7-9/h1-5,7-8,13,18H,6,16H2. The van der Waals surface area contributed by atoms with Crippen LogP contribution in [-0.2, 0) is 0 Å². The molecular weight excluding hydrogens is 358 g/mol. The van der Waals surface area contributed by atoms with Crippen molar-refractivity contribution in [3.63, 3.8) is 0 Å². The largest absolute Gasteiger partial charge is 0.377 e. The summed E-state index contributed by atoms with van der Waals surface area (Å²) in [6.07, 6.45) is 3.59. The van der Waals surface area contributed by atoms with Crippen LogP contribution in [-0.4, -0.2) is 11.5 Å². The third-order valence-electron chi connectivity index (χ3n) is 2.53. The Morgan fingerprint density at radius 1 is 1.17 bits per heavy atom. The predicted molar refractivity (Wildman–Crippen MR) is 81.5 cm³/mol. The molecule has 5 heteroatoms. The normalized spacial score (nSPS) is 12.2. The lowest BCUT2D eigenvalue weighted by atomic mass is 10.1. The molecule has 1 unspecified atom stereocenters. The van der Waals surface area contributed by atoms with Crippen molar-refractivity contribution in [2.75, 3.05) is 11.9 Å². The van der Waals surface area contributed by atoms with E-state index in [-0.39, 0.29) is 6.04 Å². The Morgan fingerprint density at radius 3 is 2.67 bits per heavy atom. The van der Waals surface area contributed by atoms with Gasteiger partial charge in [0, 0.05) is 33.6 Å². The summed E-state index contributed by atoms with van der Waals surface area (Å²) < 4.78 is 1.99. The van der Waals surface area contributed by atoms with Crippen LogP contribution in [0, 0.1) is 0 Å². The maximum absolute atomic E-state index is 5.82. The summed E-state index contributed by atoms with van der Waals surface area (Å²) in [7, 11) is 0. The van der Waals surface area contributed by atoms with Crippen LogP contribution in [0.1, 0.15) is 11.6 Å². The molecule has 0 radical (unpaired) electrons. The molecule has 18 heavy (non-hydrogen) atoms. The highest BCUT2D eigenvalue weighted by molar-refractivity contribution is 9.10. The zero-order valence-corrected chi connectivity index (χ0v) is 12.8. The lowest BCUT2D eigenvalue weighted by Gasteiger charge is -2.18. The topological polar surface area (TPSA) is 50.9 Å².